The molecule has 0 aliphatic carbocycles. The number of quaternary nitrogens is 1. The van der Waals surface area contributed by atoms with Gasteiger partial charge < -0.3 is 10.4 Å². The second kappa shape index (κ2) is 7.90. The third kappa shape index (κ3) is 3.80. The van der Waals surface area contributed by atoms with E-state index in [0.29, 0.717) is 0 Å². The van der Waals surface area contributed by atoms with Crippen molar-refractivity contribution in [3.05, 3.63) is 69.7 Å². The fourth-order valence-electron chi connectivity index (χ4n) is 4.48. The standard InChI is InChI=1S/C22H27Cl2NO/c1-4-5-19-21(16-8-12-18(24)13-9-16)25-20(14(2)22(19,3)26)15-6-10-17(23)11-7-15/h6-14,19-21,25-26H,4-5H2,1-3H3/p+1. The molecule has 2 aromatic rings. The number of nitrogens with two attached hydrogens (primary N) is 1. The molecule has 1 heterocycles. The number of rotatable bonds is 4. The molecule has 0 bridgehead atoms. The zero-order valence-electron chi connectivity index (χ0n) is 15.6. The SMILES string of the molecule is CCCC1C(c2ccc(Cl)cc2)[NH2+]C(c2ccc(Cl)cc2)C(C)C1(C)O. The Bertz CT molecular complexity index is 727. The zero-order valence-corrected chi connectivity index (χ0v) is 17.1. The van der Waals surface area contributed by atoms with E-state index in [4.69, 9.17) is 23.2 Å². The smallest absolute Gasteiger partial charge is 0.118 e. The van der Waals surface area contributed by atoms with Gasteiger partial charge in [0.1, 0.15) is 12.1 Å². The van der Waals surface area contributed by atoms with Crippen LogP contribution in [0.1, 0.15) is 56.8 Å². The minimum Gasteiger partial charge on any atom is -0.389 e. The predicted octanol–water partition coefficient (Wildman–Crippen LogP) is 5.16. The number of benzene rings is 2. The maximum Gasteiger partial charge on any atom is 0.118 e. The number of hydrogen-bond donors (Lipinski definition) is 2. The van der Waals surface area contributed by atoms with Gasteiger partial charge in [-0.15, -0.1) is 0 Å². The van der Waals surface area contributed by atoms with Crippen LogP contribution < -0.4 is 5.32 Å². The molecule has 0 radical (unpaired) electrons. The molecule has 3 N–H and O–H groups in total. The van der Waals surface area contributed by atoms with Crippen LogP contribution in [0.5, 0.6) is 0 Å². The van der Waals surface area contributed by atoms with Gasteiger partial charge in [-0.05, 0) is 37.6 Å². The number of piperidine rings is 1. The van der Waals surface area contributed by atoms with Gasteiger partial charge in [-0.1, -0.05) is 67.7 Å². The Kier molecular flexibility index (Phi) is 5.98. The molecular formula is C22H28Cl2NO+. The van der Waals surface area contributed by atoms with E-state index in [1.807, 2.05) is 31.2 Å². The van der Waals surface area contributed by atoms with Crippen molar-refractivity contribution < 1.29 is 10.4 Å². The highest BCUT2D eigenvalue weighted by atomic mass is 35.5. The molecule has 0 spiro atoms. The first-order valence-corrected chi connectivity index (χ1v) is 10.2. The van der Waals surface area contributed by atoms with Crippen molar-refractivity contribution in [2.24, 2.45) is 11.8 Å². The lowest BCUT2D eigenvalue weighted by molar-refractivity contribution is -0.764. The van der Waals surface area contributed by atoms with Gasteiger partial charge >= 0.3 is 0 Å². The number of hydrogen-bond acceptors (Lipinski definition) is 1. The summed E-state index contributed by atoms with van der Waals surface area (Å²) >= 11 is 12.2. The van der Waals surface area contributed by atoms with Gasteiger partial charge in [0.25, 0.3) is 0 Å². The molecule has 3 rings (SSSR count). The third-order valence-corrected chi connectivity index (χ3v) is 6.67. The maximum atomic E-state index is 11.5. The van der Waals surface area contributed by atoms with E-state index in [0.717, 1.165) is 22.9 Å². The summed E-state index contributed by atoms with van der Waals surface area (Å²) in [7, 11) is 0. The maximum absolute atomic E-state index is 11.5. The fraction of sp³-hybridized carbons (Fsp3) is 0.455. The van der Waals surface area contributed by atoms with Crippen molar-refractivity contribution in [3.8, 4) is 0 Å². The van der Waals surface area contributed by atoms with E-state index in [2.05, 4.69) is 43.4 Å². The van der Waals surface area contributed by atoms with Gasteiger partial charge in [0.2, 0.25) is 0 Å². The summed E-state index contributed by atoms with van der Waals surface area (Å²) in [5.41, 5.74) is 1.68. The molecule has 1 aliphatic heterocycles. The van der Waals surface area contributed by atoms with Crippen molar-refractivity contribution in [2.45, 2.75) is 51.3 Å². The monoisotopic (exact) mass is 392 g/mol. The number of halogens is 2. The van der Waals surface area contributed by atoms with Crippen LogP contribution in [0.3, 0.4) is 0 Å². The van der Waals surface area contributed by atoms with Crippen LogP contribution in [0.25, 0.3) is 0 Å². The molecule has 1 aliphatic rings. The summed E-state index contributed by atoms with van der Waals surface area (Å²) in [6.07, 6.45) is 2.05. The van der Waals surface area contributed by atoms with Gasteiger partial charge in [-0.2, -0.15) is 0 Å². The van der Waals surface area contributed by atoms with Gasteiger partial charge in [-0.25, -0.2) is 0 Å². The van der Waals surface area contributed by atoms with E-state index >= 15 is 0 Å². The molecule has 1 fully saturated rings. The van der Waals surface area contributed by atoms with Crippen LogP contribution in [0, 0.1) is 11.8 Å². The van der Waals surface area contributed by atoms with E-state index in [-0.39, 0.29) is 23.9 Å². The summed E-state index contributed by atoms with van der Waals surface area (Å²) in [5.74, 6) is 0.316. The summed E-state index contributed by atoms with van der Waals surface area (Å²) < 4.78 is 0. The average molecular weight is 393 g/mol. The molecule has 4 heteroatoms. The molecule has 140 valence electrons. The van der Waals surface area contributed by atoms with Crippen molar-refractivity contribution in [1.29, 1.82) is 0 Å². The highest BCUT2D eigenvalue weighted by Gasteiger charge is 2.52. The normalized spacial score (nSPS) is 31.8. The van der Waals surface area contributed by atoms with Crippen LogP contribution in [0.15, 0.2) is 48.5 Å². The second-order valence-corrected chi connectivity index (χ2v) is 8.63. The molecule has 5 atom stereocenters. The lowest BCUT2D eigenvalue weighted by Crippen LogP contribution is -2.93. The van der Waals surface area contributed by atoms with Crippen LogP contribution in [0.4, 0.5) is 0 Å². The Hall–Kier alpha value is -1.06. The minimum absolute atomic E-state index is 0.128. The first-order chi connectivity index (χ1) is 12.3. The Balaban J connectivity index is 2.01. The Labute approximate surface area is 166 Å². The molecule has 2 aromatic carbocycles. The van der Waals surface area contributed by atoms with Crippen LogP contribution in [0.2, 0.25) is 10.0 Å². The average Bonchev–Trinajstić information content (AvgIpc) is 2.62. The quantitative estimate of drug-likeness (QED) is 0.740. The van der Waals surface area contributed by atoms with Crippen molar-refractivity contribution in [1.82, 2.24) is 0 Å². The van der Waals surface area contributed by atoms with Crippen molar-refractivity contribution in [3.63, 3.8) is 0 Å². The van der Waals surface area contributed by atoms with E-state index < -0.39 is 5.60 Å². The minimum atomic E-state index is -0.751. The highest BCUT2D eigenvalue weighted by Crippen LogP contribution is 2.44. The lowest BCUT2D eigenvalue weighted by atomic mass is 9.65. The van der Waals surface area contributed by atoms with Crippen LogP contribution >= 0.6 is 23.2 Å². The van der Waals surface area contributed by atoms with Gasteiger partial charge in [-0.3, -0.25) is 0 Å². The molecule has 2 nitrogen and oxygen atoms in total. The Morgan fingerprint density at radius 2 is 1.38 bits per heavy atom. The lowest BCUT2D eigenvalue weighted by Gasteiger charge is -2.49. The first-order valence-electron chi connectivity index (χ1n) is 9.43. The number of aliphatic hydroxyl groups is 1. The fourth-order valence-corrected chi connectivity index (χ4v) is 4.74. The summed E-state index contributed by atoms with van der Waals surface area (Å²) in [5, 5.41) is 15.4. The molecule has 5 unspecified atom stereocenters. The summed E-state index contributed by atoms with van der Waals surface area (Å²) in [4.78, 5) is 0. The summed E-state index contributed by atoms with van der Waals surface area (Å²) in [6, 6.07) is 16.5. The van der Waals surface area contributed by atoms with Gasteiger partial charge in [0, 0.05) is 33.0 Å². The molecular weight excluding hydrogens is 365 g/mol. The molecule has 0 amide bonds. The van der Waals surface area contributed by atoms with E-state index in [9.17, 15) is 5.11 Å². The molecule has 0 aromatic heterocycles. The third-order valence-electron chi connectivity index (χ3n) is 6.17. The second-order valence-electron chi connectivity index (χ2n) is 7.76. The van der Waals surface area contributed by atoms with E-state index in [1.165, 1.54) is 11.1 Å². The van der Waals surface area contributed by atoms with Crippen LogP contribution in [-0.2, 0) is 0 Å². The summed E-state index contributed by atoms with van der Waals surface area (Å²) in [6.45, 7) is 6.36. The van der Waals surface area contributed by atoms with Gasteiger partial charge in [0.15, 0.2) is 0 Å². The topological polar surface area (TPSA) is 36.8 Å². The molecule has 26 heavy (non-hydrogen) atoms. The zero-order chi connectivity index (χ0) is 18.9. The largest absolute Gasteiger partial charge is 0.389 e. The first kappa shape index (κ1) is 19.7. The van der Waals surface area contributed by atoms with Crippen LogP contribution in [-0.4, -0.2) is 10.7 Å². The Morgan fingerprint density at radius 1 is 0.923 bits per heavy atom. The van der Waals surface area contributed by atoms with E-state index in [1.54, 1.807) is 0 Å². The van der Waals surface area contributed by atoms with Gasteiger partial charge in [0.05, 0.1) is 5.60 Å². The Morgan fingerprint density at radius 3 is 1.85 bits per heavy atom. The molecule has 0 saturated carbocycles. The highest BCUT2D eigenvalue weighted by molar-refractivity contribution is 6.30. The predicted molar refractivity (Wildman–Crippen MR) is 108 cm³/mol. The van der Waals surface area contributed by atoms with Crippen molar-refractivity contribution in [2.75, 3.05) is 0 Å². The molecule has 1 saturated heterocycles. The van der Waals surface area contributed by atoms with Crippen molar-refractivity contribution >= 4 is 23.2 Å².